The van der Waals surface area contributed by atoms with Gasteiger partial charge in [-0.1, -0.05) is 30.4 Å². The Morgan fingerprint density at radius 1 is 1.14 bits per heavy atom. The highest BCUT2D eigenvalue weighted by molar-refractivity contribution is 7.80. The summed E-state index contributed by atoms with van der Waals surface area (Å²) in [5.74, 6) is 0.445. The largest absolute Gasteiger partial charge is 0.484 e. The van der Waals surface area contributed by atoms with Crippen LogP contribution in [0.25, 0.3) is 0 Å². The molecular weight excluding hydrogens is 372 g/mol. The van der Waals surface area contributed by atoms with Gasteiger partial charge in [-0.25, -0.2) is 0 Å². The molecule has 2 aromatic carbocycles. The van der Waals surface area contributed by atoms with Crippen LogP contribution >= 0.6 is 12.2 Å². The summed E-state index contributed by atoms with van der Waals surface area (Å²) in [6.07, 6.45) is 0.326. The van der Waals surface area contributed by atoms with Crippen LogP contribution in [0.2, 0.25) is 0 Å². The fourth-order valence-corrected chi connectivity index (χ4v) is 3.55. The maximum absolute atomic E-state index is 12.1. The number of nitrogens with one attached hydrogen (secondary N) is 1. The first-order chi connectivity index (χ1) is 13.4. The summed E-state index contributed by atoms with van der Waals surface area (Å²) in [4.78, 5) is 15.1. The van der Waals surface area contributed by atoms with Crippen LogP contribution in [0.1, 0.15) is 25.0 Å². The number of hydrogen-bond acceptors (Lipinski definition) is 4. The smallest absolute Gasteiger partial charge is 0.262 e. The van der Waals surface area contributed by atoms with Crippen LogP contribution < -0.4 is 10.1 Å². The van der Waals surface area contributed by atoms with E-state index in [0.717, 1.165) is 34.9 Å². The van der Waals surface area contributed by atoms with E-state index in [-0.39, 0.29) is 24.7 Å². The molecule has 1 fully saturated rings. The van der Waals surface area contributed by atoms with Gasteiger partial charge in [0.05, 0.1) is 12.2 Å². The number of amides is 1. The maximum atomic E-state index is 12.1. The van der Waals surface area contributed by atoms with Crippen LogP contribution in [0.15, 0.2) is 48.5 Å². The van der Waals surface area contributed by atoms with E-state index in [0.29, 0.717) is 5.75 Å². The molecule has 0 radical (unpaired) electrons. The molecule has 3 rings (SSSR count). The topological polar surface area (TPSA) is 50.8 Å². The molecule has 1 aliphatic rings. The van der Waals surface area contributed by atoms with Gasteiger partial charge >= 0.3 is 0 Å². The Morgan fingerprint density at radius 2 is 1.79 bits per heavy atom. The van der Waals surface area contributed by atoms with E-state index < -0.39 is 0 Å². The molecule has 1 aliphatic heterocycles. The Balaban J connectivity index is 1.53. The van der Waals surface area contributed by atoms with Crippen molar-refractivity contribution < 1.29 is 14.3 Å². The van der Waals surface area contributed by atoms with E-state index in [9.17, 15) is 4.79 Å². The van der Waals surface area contributed by atoms with E-state index in [2.05, 4.69) is 24.1 Å². The lowest BCUT2D eigenvalue weighted by Crippen LogP contribution is -2.47. The quantitative estimate of drug-likeness (QED) is 0.777. The Labute approximate surface area is 171 Å². The Morgan fingerprint density at radius 3 is 2.43 bits per heavy atom. The normalized spacial score (nSPS) is 19.2. The molecule has 1 heterocycles. The maximum Gasteiger partial charge on any atom is 0.262 e. The standard InChI is InChI=1S/C22H26N2O3S/c1-15-6-4-5-7-20(15)23-21(25)14-26-19-10-8-18(9-11-19)22(28)24-12-16(2)27-17(3)13-24/h4-11,16-17H,12-14H2,1-3H3,(H,23,25)/t16-,17-/m1/s1. The van der Waals surface area contributed by atoms with E-state index in [1.54, 1.807) is 0 Å². The lowest BCUT2D eigenvalue weighted by Gasteiger charge is -2.37. The third kappa shape index (κ3) is 5.30. The minimum atomic E-state index is -0.190. The predicted molar refractivity (Wildman–Crippen MR) is 115 cm³/mol. The second-order valence-electron chi connectivity index (χ2n) is 7.14. The number of carbonyl (C=O) groups is 1. The molecule has 0 aromatic heterocycles. The third-order valence-electron chi connectivity index (χ3n) is 4.60. The lowest BCUT2D eigenvalue weighted by molar-refractivity contribution is -0.118. The molecule has 1 amide bonds. The van der Waals surface area contributed by atoms with Gasteiger partial charge in [0.15, 0.2) is 6.61 Å². The Bertz CT molecular complexity index is 828. The van der Waals surface area contributed by atoms with Crippen LogP contribution in [0.5, 0.6) is 5.75 Å². The fourth-order valence-electron chi connectivity index (χ4n) is 3.27. The Hall–Kier alpha value is -2.44. The van der Waals surface area contributed by atoms with Crippen molar-refractivity contribution in [3.8, 4) is 5.75 Å². The number of aryl methyl sites for hydroxylation is 1. The average Bonchev–Trinajstić information content (AvgIpc) is 2.67. The number of thiocarbonyl (C=S) groups is 1. The molecule has 1 N–H and O–H groups in total. The number of para-hydroxylation sites is 1. The summed E-state index contributed by atoms with van der Waals surface area (Å²) in [6.45, 7) is 7.61. The second-order valence-corrected chi connectivity index (χ2v) is 7.53. The average molecular weight is 399 g/mol. The van der Waals surface area contributed by atoms with Gasteiger partial charge < -0.3 is 19.7 Å². The van der Waals surface area contributed by atoms with Crippen molar-refractivity contribution in [2.24, 2.45) is 0 Å². The summed E-state index contributed by atoms with van der Waals surface area (Å²) >= 11 is 5.65. The van der Waals surface area contributed by atoms with Crippen LogP contribution in [-0.2, 0) is 9.53 Å². The first kappa shape index (κ1) is 20.3. The number of anilines is 1. The second kappa shape index (κ2) is 9.17. The minimum Gasteiger partial charge on any atom is -0.484 e. The van der Waals surface area contributed by atoms with Crippen LogP contribution in [0.4, 0.5) is 5.69 Å². The SMILES string of the molecule is Cc1ccccc1NC(=O)COc1ccc(C(=S)N2C[C@@H](C)O[C@H](C)C2)cc1. The molecule has 1 saturated heterocycles. The molecule has 6 heteroatoms. The summed E-state index contributed by atoms with van der Waals surface area (Å²) in [5.41, 5.74) is 2.78. The molecule has 0 aliphatic carbocycles. The first-order valence-corrected chi connectivity index (χ1v) is 9.86. The Kier molecular flexibility index (Phi) is 6.65. The van der Waals surface area contributed by atoms with Crippen LogP contribution in [0, 0.1) is 6.92 Å². The van der Waals surface area contributed by atoms with Crippen LogP contribution in [-0.4, -0.2) is 47.7 Å². The molecule has 2 aromatic rings. The van der Waals surface area contributed by atoms with Crippen LogP contribution in [0.3, 0.4) is 0 Å². The summed E-state index contributed by atoms with van der Waals surface area (Å²) in [7, 11) is 0. The molecule has 2 atom stereocenters. The van der Waals surface area contributed by atoms with E-state index >= 15 is 0 Å². The summed E-state index contributed by atoms with van der Waals surface area (Å²) in [6, 6.07) is 15.2. The number of carbonyl (C=O) groups excluding carboxylic acids is 1. The van der Waals surface area contributed by atoms with Gasteiger partial charge in [-0.05, 0) is 56.7 Å². The van der Waals surface area contributed by atoms with Gasteiger partial charge in [-0.15, -0.1) is 0 Å². The highest BCUT2D eigenvalue weighted by Crippen LogP contribution is 2.18. The summed E-state index contributed by atoms with van der Waals surface area (Å²) in [5, 5.41) is 2.86. The monoisotopic (exact) mass is 398 g/mol. The molecule has 28 heavy (non-hydrogen) atoms. The van der Waals surface area contributed by atoms with Crippen molar-refractivity contribution in [2.45, 2.75) is 33.0 Å². The van der Waals surface area contributed by atoms with E-state index in [1.807, 2.05) is 55.5 Å². The van der Waals surface area contributed by atoms with Crippen molar-refractivity contribution >= 4 is 28.8 Å². The number of rotatable bonds is 5. The van der Waals surface area contributed by atoms with Crippen molar-refractivity contribution in [3.63, 3.8) is 0 Å². The van der Waals surface area contributed by atoms with Gasteiger partial charge in [0, 0.05) is 24.3 Å². The highest BCUT2D eigenvalue weighted by atomic mass is 32.1. The van der Waals surface area contributed by atoms with Gasteiger partial charge in [-0.2, -0.15) is 0 Å². The van der Waals surface area contributed by atoms with Gasteiger partial charge in [0.1, 0.15) is 10.7 Å². The highest BCUT2D eigenvalue weighted by Gasteiger charge is 2.24. The van der Waals surface area contributed by atoms with Gasteiger partial charge in [0.2, 0.25) is 0 Å². The molecule has 0 saturated carbocycles. The van der Waals surface area contributed by atoms with Crippen molar-refractivity contribution in [1.82, 2.24) is 4.90 Å². The van der Waals surface area contributed by atoms with E-state index in [1.165, 1.54) is 0 Å². The zero-order valence-corrected chi connectivity index (χ0v) is 17.3. The van der Waals surface area contributed by atoms with Crippen molar-refractivity contribution in [3.05, 3.63) is 59.7 Å². The van der Waals surface area contributed by atoms with Crippen molar-refractivity contribution in [2.75, 3.05) is 25.0 Å². The molecule has 148 valence electrons. The number of ether oxygens (including phenoxy) is 2. The molecule has 5 nitrogen and oxygen atoms in total. The number of benzene rings is 2. The van der Waals surface area contributed by atoms with Crippen molar-refractivity contribution in [1.29, 1.82) is 0 Å². The first-order valence-electron chi connectivity index (χ1n) is 9.45. The predicted octanol–water partition coefficient (Wildman–Crippen LogP) is 3.80. The fraction of sp³-hybridized carbons (Fsp3) is 0.364. The number of morpholine rings is 1. The molecule has 0 spiro atoms. The zero-order chi connectivity index (χ0) is 20.1. The number of nitrogens with zero attached hydrogens (tertiary/aromatic N) is 1. The number of hydrogen-bond donors (Lipinski definition) is 1. The molecule has 0 bridgehead atoms. The molecular formula is C22H26N2O3S. The van der Waals surface area contributed by atoms with Gasteiger partial charge in [-0.3, -0.25) is 4.79 Å². The molecule has 0 unspecified atom stereocenters. The third-order valence-corrected chi connectivity index (χ3v) is 5.09. The lowest BCUT2D eigenvalue weighted by atomic mass is 10.1. The zero-order valence-electron chi connectivity index (χ0n) is 16.5. The van der Waals surface area contributed by atoms with E-state index in [4.69, 9.17) is 21.7 Å². The summed E-state index contributed by atoms with van der Waals surface area (Å²) < 4.78 is 11.4. The van der Waals surface area contributed by atoms with Gasteiger partial charge in [0.25, 0.3) is 5.91 Å². The minimum absolute atomic E-state index is 0.0450.